The number of benzene rings is 1. The summed E-state index contributed by atoms with van der Waals surface area (Å²) in [6.07, 6.45) is 6.38. The van der Waals surface area contributed by atoms with Gasteiger partial charge in [0.05, 0.1) is 12.7 Å². The summed E-state index contributed by atoms with van der Waals surface area (Å²) in [6, 6.07) is 8.16. The lowest BCUT2D eigenvalue weighted by Crippen LogP contribution is -1.95. The average molecular weight is 255 g/mol. The smallest absolute Gasteiger partial charge is 0.189 e. The van der Waals surface area contributed by atoms with Crippen molar-refractivity contribution in [1.29, 1.82) is 0 Å². The lowest BCUT2D eigenvalue weighted by atomic mass is 10.1. The van der Waals surface area contributed by atoms with Gasteiger partial charge in [-0.3, -0.25) is 9.78 Å². The Balaban J connectivity index is 2.19. The number of pyridine rings is 1. The fourth-order valence-electron chi connectivity index (χ4n) is 1.58. The molecule has 19 heavy (non-hydrogen) atoms. The fourth-order valence-corrected chi connectivity index (χ4v) is 1.58. The third-order valence-electron chi connectivity index (χ3n) is 2.60. The van der Waals surface area contributed by atoms with E-state index >= 15 is 0 Å². The first-order valence-electron chi connectivity index (χ1n) is 5.70. The summed E-state index contributed by atoms with van der Waals surface area (Å²) in [6.45, 7) is 0. The molecule has 0 radical (unpaired) electrons. The maximum atomic E-state index is 11.9. The second-order valence-electron chi connectivity index (χ2n) is 3.86. The Hall–Kier alpha value is -2.62. The number of phenols is 1. The Morgan fingerprint density at radius 1 is 1.26 bits per heavy atom. The van der Waals surface area contributed by atoms with Gasteiger partial charge >= 0.3 is 0 Å². The molecule has 0 bridgehead atoms. The molecule has 0 aliphatic heterocycles. The predicted octanol–water partition coefficient (Wildman–Crippen LogP) is 2.69. The van der Waals surface area contributed by atoms with Gasteiger partial charge in [-0.25, -0.2) is 0 Å². The van der Waals surface area contributed by atoms with Crippen LogP contribution >= 0.6 is 0 Å². The molecule has 1 N–H and O–H groups in total. The molecule has 96 valence electrons. The summed E-state index contributed by atoms with van der Waals surface area (Å²) < 4.78 is 4.96. The average Bonchev–Trinajstić information content (AvgIpc) is 2.45. The standard InChI is InChI=1S/C15H13NO3/c1-19-12-3-4-13(15(18)10-12)14(17)5-2-11-6-8-16-9-7-11/h2-10,18H,1H3/b5-2+. The molecule has 0 saturated carbocycles. The van der Waals surface area contributed by atoms with E-state index in [0.29, 0.717) is 5.75 Å². The zero-order chi connectivity index (χ0) is 13.7. The monoisotopic (exact) mass is 255 g/mol. The SMILES string of the molecule is COc1ccc(C(=O)/C=C/c2ccncc2)c(O)c1. The van der Waals surface area contributed by atoms with Crippen LogP contribution in [0.3, 0.4) is 0 Å². The van der Waals surface area contributed by atoms with E-state index in [1.54, 1.807) is 36.7 Å². The number of carbonyl (C=O) groups excluding carboxylic acids is 1. The maximum absolute atomic E-state index is 11.9. The zero-order valence-corrected chi connectivity index (χ0v) is 10.4. The second kappa shape index (κ2) is 5.82. The fraction of sp³-hybridized carbons (Fsp3) is 0.0667. The molecule has 0 fully saturated rings. The van der Waals surface area contributed by atoms with E-state index in [-0.39, 0.29) is 17.1 Å². The van der Waals surface area contributed by atoms with E-state index in [2.05, 4.69) is 4.98 Å². The van der Waals surface area contributed by atoms with E-state index in [4.69, 9.17) is 4.74 Å². The molecule has 4 heteroatoms. The van der Waals surface area contributed by atoms with Gasteiger partial charge in [-0.2, -0.15) is 0 Å². The first-order chi connectivity index (χ1) is 9.20. The van der Waals surface area contributed by atoms with E-state index in [1.165, 1.54) is 25.3 Å². The number of hydrogen-bond donors (Lipinski definition) is 1. The highest BCUT2D eigenvalue weighted by atomic mass is 16.5. The molecule has 4 nitrogen and oxygen atoms in total. The molecule has 1 aromatic heterocycles. The minimum absolute atomic E-state index is 0.0938. The Morgan fingerprint density at radius 3 is 2.63 bits per heavy atom. The van der Waals surface area contributed by atoms with Crippen molar-refractivity contribution in [1.82, 2.24) is 4.98 Å². The molecule has 0 aliphatic rings. The van der Waals surface area contributed by atoms with Crippen molar-refractivity contribution in [2.75, 3.05) is 7.11 Å². The van der Waals surface area contributed by atoms with Gasteiger partial charge < -0.3 is 9.84 Å². The van der Waals surface area contributed by atoms with Crippen LogP contribution in [0, 0.1) is 0 Å². The van der Waals surface area contributed by atoms with E-state index < -0.39 is 0 Å². The lowest BCUT2D eigenvalue weighted by molar-refractivity contribution is 0.104. The van der Waals surface area contributed by atoms with Gasteiger partial charge in [0, 0.05) is 18.5 Å². The Kier molecular flexibility index (Phi) is 3.93. The van der Waals surface area contributed by atoms with Crippen molar-refractivity contribution < 1.29 is 14.6 Å². The van der Waals surface area contributed by atoms with Crippen LogP contribution in [0.15, 0.2) is 48.8 Å². The van der Waals surface area contributed by atoms with Crippen molar-refractivity contribution in [3.8, 4) is 11.5 Å². The highest BCUT2D eigenvalue weighted by molar-refractivity contribution is 6.08. The normalized spacial score (nSPS) is 10.6. The Bertz CT molecular complexity index is 606. The molecule has 0 aliphatic carbocycles. The largest absolute Gasteiger partial charge is 0.507 e. The number of hydrogen-bond acceptors (Lipinski definition) is 4. The van der Waals surface area contributed by atoms with Crippen LogP contribution in [0.1, 0.15) is 15.9 Å². The minimum Gasteiger partial charge on any atom is -0.507 e. The number of ether oxygens (including phenoxy) is 1. The van der Waals surface area contributed by atoms with Crippen molar-refractivity contribution in [2.24, 2.45) is 0 Å². The quantitative estimate of drug-likeness (QED) is 0.674. The summed E-state index contributed by atoms with van der Waals surface area (Å²) in [5, 5.41) is 9.75. The molecular formula is C15H13NO3. The van der Waals surface area contributed by atoms with E-state index in [0.717, 1.165) is 5.56 Å². The third-order valence-corrected chi connectivity index (χ3v) is 2.60. The first kappa shape index (κ1) is 12.8. The predicted molar refractivity (Wildman–Crippen MR) is 72.3 cm³/mol. The maximum Gasteiger partial charge on any atom is 0.189 e. The molecule has 0 unspecified atom stereocenters. The molecule has 1 aromatic carbocycles. The number of allylic oxidation sites excluding steroid dienone is 1. The van der Waals surface area contributed by atoms with Gasteiger partial charge in [0.2, 0.25) is 0 Å². The highest BCUT2D eigenvalue weighted by Gasteiger charge is 2.08. The third kappa shape index (κ3) is 3.19. The van der Waals surface area contributed by atoms with Crippen molar-refractivity contribution in [2.45, 2.75) is 0 Å². The number of aromatic nitrogens is 1. The van der Waals surface area contributed by atoms with Gasteiger partial charge in [0.1, 0.15) is 11.5 Å². The van der Waals surface area contributed by atoms with E-state index in [9.17, 15) is 9.90 Å². The number of carbonyl (C=O) groups is 1. The number of phenolic OH excluding ortho intramolecular Hbond substituents is 1. The number of nitrogens with zero attached hydrogens (tertiary/aromatic N) is 1. The summed E-state index contributed by atoms with van der Waals surface area (Å²) in [7, 11) is 1.50. The zero-order valence-electron chi connectivity index (χ0n) is 10.4. The molecule has 0 saturated heterocycles. The van der Waals surface area contributed by atoms with Crippen LogP contribution in [0.25, 0.3) is 6.08 Å². The summed E-state index contributed by atoms with van der Waals surface area (Å²) in [4.78, 5) is 15.8. The summed E-state index contributed by atoms with van der Waals surface area (Å²) in [5.41, 5.74) is 1.11. The van der Waals surface area contributed by atoms with Crippen LogP contribution < -0.4 is 4.74 Å². The van der Waals surface area contributed by atoms with Crippen molar-refractivity contribution in [3.05, 3.63) is 59.9 Å². The number of aromatic hydroxyl groups is 1. The topological polar surface area (TPSA) is 59.4 Å². The number of ketones is 1. The Morgan fingerprint density at radius 2 is 2.00 bits per heavy atom. The van der Waals surface area contributed by atoms with Crippen molar-refractivity contribution in [3.63, 3.8) is 0 Å². The molecule has 0 spiro atoms. The summed E-state index contributed by atoms with van der Waals surface area (Å²) in [5.74, 6) is 0.146. The van der Waals surface area contributed by atoms with Crippen LogP contribution in [-0.4, -0.2) is 23.0 Å². The van der Waals surface area contributed by atoms with E-state index in [1.807, 2.05) is 0 Å². The second-order valence-corrected chi connectivity index (χ2v) is 3.86. The van der Waals surface area contributed by atoms with Gasteiger partial charge in [-0.05, 0) is 35.9 Å². The Labute approximate surface area is 111 Å². The van der Waals surface area contributed by atoms with Gasteiger partial charge in [0.15, 0.2) is 5.78 Å². The molecule has 1 heterocycles. The molecule has 2 rings (SSSR count). The van der Waals surface area contributed by atoms with Crippen LogP contribution in [0.4, 0.5) is 0 Å². The van der Waals surface area contributed by atoms with Gasteiger partial charge in [0.25, 0.3) is 0 Å². The van der Waals surface area contributed by atoms with Crippen LogP contribution in [0.2, 0.25) is 0 Å². The molecular weight excluding hydrogens is 242 g/mol. The van der Waals surface area contributed by atoms with Gasteiger partial charge in [-0.15, -0.1) is 0 Å². The van der Waals surface area contributed by atoms with Gasteiger partial charge in [-0.1, -0.05) is 6.08 Å². The molecule has 0 amide bonds. The lowest BCUT2D eigenvalue weighted by Gasteiger charge is -2.03. The minimum atomic E-state index is -0.267. The number of methoxy groups -OCH3 is 1. The molecule has 0 atom stereocenters. The highest BCUT2D eigenvalue weighted by Crippen LogP contribution is 2.24. The van der Waals surface area contributed by atoms with Crippen LogP contribution in [0.5, 0.6) is 11.5 Å². The van der Waals surface area contributed by atoms with Crippen molar-refractivity contribution >= 4 is 11.9 Å². The first-order valence-corrected chi connectivity index (χ1v) is 5.70. The van der Waals surface area contributed by atoms with Crippen LogP contribution in [-0.2, 0) is 0 Å². The molecule has 2 aromatic rings. The summed E-state index contributed by atoms with van der Waals surface area (Å²) >= 11 is 0. The number of rotatable bonds is 4.